The third-order valence-electron chi connectivity index (χ3n) is 8.87. The van der Waals surface area contributed by atoms with Gasteiger partial charge in [0.2, 0.25) is 0 Å². The molecule has 1 saturated carbocycles. The van der Waals surface area contributed by atoms with Gasteiger partial charge in [-0.1, -0.05) is 6.92 Å². The summed E-state index contributed by atoms with van der Waals surface area (Å²) >= 11 is 0. The Morgan fingerprint density at radius 1 is 1.12 bits per heavy atom. The van der Waals surface area contributed by atoms with Gasteiger partial charge in [-0.3, -0.25) is 9.78 Å². The number of rotatable bonds is 8. The maximum absolute atomic E-state index is 15.1. The first-order valence-corrected chi connectivity index (χ1v) is 14.3. The highest BCUT2D eigenvalue weighted by Gasteiger charge is 2.42. The molecule has 7 nitrogen and oxygen atoms in total. The zero-order chi connectivity index (χ0) is 30.0. The highest BCUT2D eigenvalue weighted by Crippen LogP contribution is 2.42. The molecule has 0 amide bonds. The molecular weight excluding hydrogens is 547 g/mol. The second kappa shape index (κ2) is 12.5. The van der Waals surface area contributed by atoms with Gasteiger partial charge in [0.05, 0.1) is 17.8 Å². The summed E-state index contributed by atoms with van der Waals surface area (Å²) in [5.41, 5.74) is 5.47. The van der Waals surface area contributed by atoms with E-state index in [9.17, 15) is 14.3 Å². The van der Waals surface area contributed by atoms with Crippen LogP contribution in [0.4, 0.5) is 13.2 Å². The molecule has 0 radical (unpaired) electrons. The molecule has 2 aliphatic rings. The van der Waals surface area contributed by atoms with Crippen LogP contribution in [0.2, 0.25) is 0 Å². The molecule has 3 N–H and O–H groups in total. The van der Waals surface area contributed by atoms with Gasteiger partial charge in [-0.05, 0) is 79.7 Å². The summed E-state index contributed by atoms with van der Waals surface area (Å²) < 4.78 is 56.0. The number of hydrogen-bond acceptors (Lipinski definition) is 7. The minimum Gasteiger partial charge on any atom is -0.493 e. The van der Waals surface area contributed by atoms with Crippen LogP contribution in [0.5, 0.6) is 5.75 Å². The highest BCUT2D eigenvalue weighted by atomic mass is 19.1. The Balaban J connectivity index is 1.35. The minimum atomic E-state index is -1.04. The van der Waals surface area contributed by atoms with Crippen LogP contribution in [0.3, 0.4) is 0 Å². The lowest BCUT2D eigenvalue weighted by Crippen LogP contribution is -2.54. The number of aliphatic hydroxyl groups is 1. The lowest BCUT2D eigenvalue weighted by Gasteiger charge is -2.44. The van der Waals surface area contributed by atoms with Crippen molar-refractivity contribution in [2.45, 2.75) is 63.5 Å². The van der Waals surface area contributed by atoms with Crippen molar-refractivity contribution in [2.75, 3.05) is 19.8 Å². The van der Waals surface area contributed by atoms with Gasteiger partial charge in [0, 0.05) is 50.2 Å². The molecule has 5 rings (SSSR count). The second-order valence-electron chi connectivity index (χ2n) is 11.7. The molecule has 0 bridgehead atoms. The van der Waals surface area contributed by atoms with Gasteiger partial charge in [-0.25, -0.2) is 18.2 Å². The molecule has 10 heteroatoms. The van der Waals surface area contributed by atoms with Gasteiger partial charge in [-0.15, -0.1) is 0 Å². The van der Waals surface area contributed by atoms with Crippen molar-refractivity contribution in [3.63, 3.8) is 0 Å². The van der Waals surface area contributed by atoms with Gasteiger partial charge in [-0.2, -0.15) is 0 Å². The Kier molecular flexibility index (Phi) is 8.96. The van der Waals surface area contributed by atoms with Gasteiger partial charge < -0.3 is 20.3 Å². The van der Waals surface area contributed by atoms with Crippen molar-refractivity contribution < 1.29 is 32.5 Å². The van der Waals surface area contributed by atoms with E-state index in [1.165, 1.54) is 6.07 Å². The average Bonchev–Trinajstić information content (AvgIpc) is 2.96. The van der Waals surface area contributed by atoms with E-state index in [4.69, 9.17) is 15.2 Å². The fraction of sp³-hybridized carbons (Fsp3) is 0.469. The van der Waals surface area contributed by atoms with Crippen molar-refractivity contribution in [1.29, 1.82) is 0 Å². The van der Waals surface area contributed by atoms with E-state index in [2.05, 4.69) is 9.97 Å². The molecule has 3 heterocycles. The van der Waals surface area contributed by atoms with E-state index in [-0.39, 0.29) is 35.6 Å². The number of nitrogens with zero attached hydrogens (tertiary/aromatic N) is 2. The van der Waals surface area contributed by atoms with Crippen LogP contribution < -0.4 is 10.5 Å². The molecule has 1 aliphatic carbocycles. The molecule has 42 heavy (non-hydrogen) atoms. The Hall–Kier alpha value is -3.34. The van der Waals surface area contributed by atoms with Crippen molar-refractivity contribution in [2.24, 2.45) is 17.6 Å². The summed E-state index contributed by atoms with van der Waals surface area (Å²) in [6.45, 7) is 5.22. The predicted molar refractivity (Wildman–Crippen MR) is 151 cm³/mol. The van der Waals surface area contributed by atoms with Gasteiger partial charge in [0.15, 0.2) is 5.78 Å². The molecule has 2 aromatic heterocycles. The second-order valence-corrected chi connectivity index (χ2v) is 11.7. The van der Waals surface area contributed by atoms with Gasteiger partial charge in [0.1, 0.15) is 34.6 Å². The number of carbonyl (C=O) groups excluding carboxylic acids is 1. The largest absolute Gasteiger partial charge is 0.493 e. The van der Waals surface area contributed by atoms with Crippen molar-refractivity contribution >= 4 is 5.78 Å². The standard InChI is InChI=1S/C32H36F3N3O4/c1-18-11-20(13-29(36)32(18,2)40)23-5-8-37-16-21(23)12-28(39)27-4-3-24(33)31(38-27)30-25(34)14-22(15-26(30)35)42-17-19-6-9-41-10-7-19/h3-5,8,14-16,18-20,29,40H,6-7,9-13,17,36H2,1-2H3/t18-,20+,29+,32+/m0/s1. The van der Waals surface area contributed by atoms with E-state index in [0.29, 0.717) is 38.2 Å². The maximum atomic E-state index is 15.1. The third-order valence-corrected chi connectivity index (χ3v) is 8.87. The van der Waals surface area contributed by atoms with Crippen molar-refractivity contribution in [3.05, 3.63) is 77.0 Å². The zero-order valence-corrected chi connectivity index (χ0v) is 23.8. The SMILES string of the molecule is C[C@H]1C[C@@H](c2ccncc2CC(=O)c2ccc(F)c(-c3c(F)cc(OCC4CCOCC4)cc3F)n2)C[C@@H](N)[C@]1(C)O. The predicted octanol–water partition coefficient (Wildman–Crippen LogP) is 5.38. The number of pyridine rings is 2. The highest BCUT2D eigenvalue weighted by molar-refractivity contribution is 5.96. The maximum Gasteiger partial charge on any atom is 0.185 e. The summed E-state index contributed by atoms with van der Waals surface area (Å²) in [7, 11) is 0. The molecular formula is C32H36F3N3O4. The lowest BCUT2D eigenvalue weighted by molar-refractivity contribution is -0.0464. The Labute approximate surface area is 243 Å². The molecule has 1 saturated heterocycles. The number of Topliss-reactive ketones (excluding diaryl/α,β-unsaturated/α-hetero) is 1. The summed E-state index contributed by atoms with van der Waals surface area (Å²) in [5.74, 6) is -3.33. The summed E-state index contributed by atoms with van der Waals surface area (Å²) in [6.07, 6.45) is 5.96. The van der Waals surface area contributed by atoms with Gasteiger partial charge in [0.25, 0.3) is 0 Å². The average molecular weight is 584 g/mol. The van der Waals surface area contributed by atoms with Crippen LogP contribution in [0.25, 0.3) is 11.3 Å². The van der Waals surface area contributed by atoms with E-state index >= 15 is 8.78 Å². The number of ketones is 1. The Morgan fingerprint density at radius 3 is 2.52 bits per heavy atom. The molecule has 4 atom stereocenters. The van der Waals surface area contributed by atoms with Crippen molar-refractivity contribution in [3.8, 4) is 17.0 Å². The van der Waals surface area contributed by atoms with Crippen LogP contribution in [0.1, 0.15) is 67.1 Å². The monoisotopic (exact) mass is 583 g/mol. The molecule has 224 valence electrons. The first-order valence-electron chi connectivity index (χ1n) is 14.3. The fourth-order valence-corrected chi connectivity index (χ4v) is 5.93. The zero-order valence-electron chi connectivity index (χ0n) is 23.8. The smallest absolute Gasteiger partial charge is 0.185 e. The molecule has 2 fully saturated rings. The number of ether oxygens (including phenoxy) is 2. The number of aromatic nitrogens is 2. The van der Waals surface area contributed by atoms with Crippen LogP contribution >= 0.6 is 0 Å². The fourth-order valence-electron chi connectivity index (χ4n) is 5.93. The molecule has 1 aliphatic heterocycles. The molecule has 0 unspecified atom stereocenters. The number of benzene rings is 1. The van der Waals surface area contributed by atoms with E-state index < -0.39 is 46.1 Å². The van der Waals surface area contributed by atoms with Crippen LogP contribution in [0, 0.1) is 29.3 Å². The molecule has 1 aromatic carbocycles. The topological polar surface area (TPSA) is 108 Å². The number of hydrogen-bond donors (Lipinski definition) is 2. The number of nitrogens with two attached hydrogens (primary N) is 1. The minimum absolute atomic E-state index is 0.00440. The number of carbonyl (C=O) groups is 1. The van der Waals surface area contributed by atoms with E-state index in [0.717, 1.165) is 36.6 Å². The lowest BCUT2D eigenvalue weighted by atomic mass is 9.67. The normalized spacial score (nSPS) is 24.9. The van der Waals surface area contributed by atoms with Crippen LogP contribution in [-0.4, -0.2) is 52.3 Å². The van der Waals surface area contributed by atoms with E-state index in [1.807, 2.05) is 13.0 Å². The van der Waals surface area contributed by atoms with Crippen LogP contribution in [-0.2, 0) is 11.2 Å². The summed E-state index contributed by atoms with van der Waals surface area (Å²) in [6, 6.07) is 5.59. The quantitative estimate of drug-likeness (QED) is 0.343. The molecule has 3 aromatic rings. The van der Waals surface area contributed by atoms with E-state index in [1.54, 1.807) is 19.3 Å². The molecule has 0 spiro atoms. The number of halogens is 3. The summed E-state index contributed by atoms with van der Waals surface area (Å²) in [5, 5.41) is 10.7. The van der Waals surface area contributed by atoms with Gasteiger partial charge >= 0.3 is 0 Å². The Morgan fingerprint density at radius 2 is 1.83 bits per heavy atom. The van der Waals surface area contributed by atoms with Crippen molar-refractivity contribution in [1.82, 2.24) is 9.97 Å². The first kappa shape index (κ1) is 30.1. The first-order chi connectivity index (χ1) is 20.0. The Bertz CT molecular complexity index is 1410. The summed E-state index contributed by atoms with van der Waals surface area (Å²) in [4.78, 5) is 21.6. The third kappa shape index (κ3) is 6.35. The van der Waals surface area contributed by atoms with Crippen LogP contribution in [0.15, 0.2) is 42.7 Å².